The third-order valence-electron chi connectivity index (χ3n) is 2.22. The van der Waals surface area contributed by atoms with Gasteiger partial charge in [-0.1, -0.05) is 17.7 Å². The number of carbonyl (C=O) groups is 2. The van der Waals surface area contributed by atoms with Gasteiger partial charge in [-0.25, -0.2) is 0 Å². The van der Waals surface area contributed by atoms with Crippen LogP contribution in [0.15, 0.2) is 11.6 Å². The largest absolute Gasteiger partial charge is 0.302 e. The number of imide groups is 1. The van der Waals surface area contributed by atoms with Crippen molar-refractivity contribution in [2.24, 2.45) is 0 Å². The van der Waals surface area contributed by atoms with Crippen molar-refractivity contribution < 1.29 is 9.59 Å². The maximum Gasteiger partial charge on any atom is 0.246 e. The van der Waals surface area contributed by atoms with Crippen molar-refractivity contribution in [2.45, 2.75) is 18.9 Å². The molecular weight excluding hydrogens is 204 g/mol. The molecule has 0 aliphatic carbocycles. The van der Waals surface area contributed by atoms with E-state index in [4.69, 9.17) is 11.6 Å². The molecule has 1 saturated heterocycles. The molecule has 14 heavy (non-hydrogen) atoms. The molecule has 0 aromatic carbocycles. The zero-order valence-electron chi connectivity index (χ0n) is 8.00. The highest BCUT2D eigenvalue weighted by atomic mass is 35.5. The molecule has 1 fully saturated rings. The van der Waals surface area contributed by atoms with E-state index in [1.165, 1.54) is 17.5 Å². The molecule has 0 spiro atoms. The number of nitrogens with zero attached hydrogens (tertiary/aromatic N) is 1. The molecule has 1 aliphatic rings. The SMILES string of the molecule is CN1C(=O)CCC(NC/C=C/Cl)C1=O. The normalized spacial score (nSPS) is 23.6. The first-order chi connectivity index (χ1) is 6.66. The van der Waals surface area contributed by atoms with Gasteiger partial charge in [-0.3, -0.25) is 14.5 Å². The van der Waals surface area contributed by atoms with Crippen molar-refractivity contribution in [3.63, 3.8) is 0 Å². The highest BCUT2D eigenvalue weighted by molar-refractivity contribution is 6.25. The minimum Gasteiger partial charge on any atom is -0.302 e. The van der Waals surface area contributed by atoms with Gasteiger partial charge in [0.25, 0.3) is 0 Å². The van der Waals surface area contributed by atoms with Gasteiger partial charge in [-0.15, -0.1) is 0 Å². The van der Waals surface area contributed by atoms with E-state index in [1.54, 1.807) is 6.08 Å². The molecule has 0 radical (unpaired) electrons. The standard InChI is InChI=1S/C9H13ClN2O2/c1-12-8(13)4-3-7(9(12)14)11-6-2-5-10/h2,5,7,11H,3-4,6H2,1H3/b5-2+. The molecular formula is C9H13ClN2O2. The zero-order chi connectivity index (χ0) is 10.6. The fourth-order valence-electron chi connectivity index (χ4n) is 1.36. The van der Waals surface area contributed by atoms with Crippen molar-refractivity contribution in [2.75, 3.05) is 13.6 Å². The molecule has 1 rings (SSSR count). The second-order valence-corrected chi connectivity index (χ2v) is 3.40. The van der Waals surface area contributed by atoms with E-state index in [0.717, 1.165) is 0 Å². The summed E-state index contributed by atoms with van der Waals surface area (Å²) in [6.07, 6.45) is 2.70. The van der Waals surface area contributed by atoms with Gasteiger partial charge in [0.05, 0.1) is 6.04 Å². The van der Waals surface area contributed by atoms with Crippen LogP contribution in [0.3, 0.4) is 0 Å². The van der Waals surface area contributed by atoms with Crippen LogP contribution >= 0.6 is 11.6 Å². The molecule has 1 N–H and O–H groups in total. The summed E-state index contributed by atoms with van der Waals surface area (Å²) in [7, 11) is 1.51. The number of amides is 2. The zero-order valence-corrected chi connectivity index (χ0v) is 8.75. The Morgan fingerprint density at radius 3 is 3.00 bits per heavy atom. The monoisotopic (exact) mass is 216 g/mol. The first-order valence-electron chi connectivity index (χ1n) is 4.46. The van der Waals surface area contributed by atoms with Crippen molar-refractivity contribution in [3.05, 3.63) is 11.6 Å². The van der Waals surface area contributed by atoms with Gasteiger partial charge in [0.1, 0.15) is 0 Å². The molecule has 5 heteroatoms. The summed E-state index contributed by atoms with van der Waals surface area (Å²) >= 11 is 5.34. The van der Waals surface area contributed by atoms with Crippen LogP contribution in [-0.2, 0) is 9.59 Å². The molecule has 0 aromatic rings. The fraction of sp³-hybridized carbons (Fsp3) is 0.556. The van der Waals surface area contributed by atoms with Gasteiger partial charge in [0.15, 0.2) is 0 Å². The Kier molecular flexibility index (Phi) is 4.10. The van der Waals surface area contributed by atoms with Gasteiger partial charge in [-0.2, -0.15) is 0 Å². The number of piperidine rings is 1. The van der Waals surface area contributed by atoms with Crippen molar-refractivity contribution in [1.29, 1.82) is 0 Å². The average Bonchev–Trinajstić information content (AvgIpc) is 2.18. The Morgan fingerprint density at radius 2 is 2.36 bits per heavy atom. The van der Waals surface area contributed by atoms with Crippen molar-refractivity contribution in [3.8, 4) is 0 Å². The number of likely N-dealkylation sites (tertiary alicyclic amines) is 1. The second-order valence-electron chi connectivity index (χ2n) is 3.15. The number of rotatable bonds is 3. The van der Waals surface area contributed by atoms with Crippen LogP contribution in [0.1, 0.15) is 12.8 Å². The summed E-state index contributed by atoms with van der Waals surface area (Å²) in [6, 6.07) is -0.259. The second kappa shape index (κ2) is 5.12. The van der Waals surface area contributed by atoms with Crippen LogP contribution in [0, 0.1) is 0 Å². The highest BCUT2D eigenvalue weighted by Gasteiger charge is 2.30. The van der Waals surface area contributed by atoms with Crippen LogP contribution in [0.5, 0.6) is 0 Å². The first-order valence-corrected chi connectivity index (χ1v) is 4.89. The Balaban J connectivity index is 2.47. The molecule has 0 aromatic heterocycles. The molecule has 1 aliphatic heterocycles. The van der Waals surface area contributed by atoms with E-state index < -0.39 is 0 Å². The molecule has 0 bridgehead atoms. The molecule has 2 amide bonds. The number of nitrogens with one attached hydrogen (secondary N) is 1. The summed E-state index contributed by atoms with van der Waals surface area (Å²) in [4.78, 5) is 23.8. The summed E-state index contributed by atoms with van der Waals surface area (Å²) in [5, 5.41) is 3.01. The minimum atomic E-state index is -0.259. The van der Waals surface area contributed by atoms with Crippen LogP contribution in [0.25, 0.3) is 0 Å². The lowest BCUT2D eigenvalue weighted by atomic mass is 10.0. The van der Waals surface area contributed by atoms with E-state index in [1.807, 2.05) is 0 Å². The van der Waals surface area contributed by atoms with E-state index in [9.17, 15) is 9.59 Å². The summed E-state index contributed by atoms with van der Waals surface area (Å²) in [5.41, 5.74) is 1.40. The van der Waals surface area contributed by atoms with E-state index in [0.29, 0.717) is 19.4 Å². The predicted octanol–water partition coefficient (Wildman–Crippen LogP) is 0.476. The Hall–Kier alpha value is -0.870. The molecule has 1 atom stereocenters. The van der Waals surface area contributed by atoms with E-state index >= 15 is 0 Å². The summed E-state index contributed by atoms with van der Waals surface area (Å²) < 4.78 is 0. The topological polar surface area (TPSA) is 49.4 Å². The van der Waals surface area contributed by atoms with Crippen LogP contribution in [0.2, 0.25) is 0 Å². The fourth-order valence-corrected chi connectivity index (χ4v) is 1.45. The molecule has 1 unspecified atom stereocenters. The Labute approximate surface area is 87.9 Å². The van der Waals surface area contributed by atoms with E-state index in [-0.39, 0.29) is 17.9 Å². The Morgan fingerprint density at radius 1 is 1.64 bits per heavy atom. The number of hydrogen-bond acceptors (Lipinski definition) is 3. The Bertz CT molecular complexity index is 266. The van der Waals surface area contributed by atoms with Gasteiger partial charge in [-0.05, 0) is 6.42 Å². The first kappa shape index (κ1) is 11.2. The third kappa shape index (κ3) is 2.56. The maximum atomic E-state index is 11.5. The van der Waals surface area contributed by atoms with Crippen molar-refractivity contribution in [1.82, 2.24) is 10.2 Å². The van der Waals surface area contributed by atoms with Gasteiger partial charge in [0, 0.05) is 25.5 Å². The smallest absolute Gasteiger partial charge is 0.246 e. The van der Waals surface area contributed by atoms with E-state index in [2.05, 4.69) is 5.32 Å². The minimum absolute atomic E-state index is 0.110. The molecule has 1 heterocycles. The number of halogens is 1. The number of likely N-dealkylation sites (N-methyl/N-ethyl adjacent to an activating group) is 1. The quantitative estimate of drug-likeness (QED) is 0.698. The number of carbonyl (C=O) groups excluding carboxylic acids is 2. The predicted molar refractivity (Wildman–Crippen MR) is 53.8 cm³/mol. The highest BCUT2D eigenvalue weighted by Crippen LogP contribution is 2.10. The third-order valence-corrected chi connectivity index (χ3v) is 2.40. The molecule has 0 saturated carbocycles. The molecule has 4 nitrogen and oxygen atoms in total. The van der Waals surface area contributed by atoms with Crippen molar-refractivity contribution >= 4 is 23.4 Å². The maximum absolute atomic E-state index is 11.5. The van der Waals surface area contributed by atoms with Gasteiger partial charge in [0.2, 0.25) is 11.8 Å². The lowest BCUT2D eigenvalue weighted by Gasteiger charge is -2.27. The molecule has 78 valence electrons. The van der Waals surface area contributed by atoms with Gasteiger partial charge < -0.3 is 5.32 Å². The lowest BCUT2D eigenvalue weighted by molar-refractivity contribution is -0.147. The summed E-state index contributed by atoms with van der Waals surface area (Å²) in [5.74, 6) is -0.273. The number of hydrogen-bond donors (Lipinski definition) is 1. The average molecular weight is 217 g/mol. The lowest BCUT2D eigenvalue weighted by Crippen LogP contribution is -2.51. The van der Waals surface area contributed by atoms with Gasteiger partial charge >= 0.3 is 0 Å². The van der Waals surface area contributed by atoms with Crippen LogP contribution < -0.4 is 5.32 Å². The van der Waals surface area contributed by atoms with Crippen LogP contribution in [-0.4, -0.2) is 36.3 Å². The summed E-state index contributed by atoms with van der Waals surface area (Å²) in [6.45, 7) is 0.544. The van der Waals surface area contributed by atoms with Crippen LogP contribution in [0.4, 0.5) is 0 Å².